The second-order valence-corrected chi connectivity index (χ2v) is 6.35. The zero-order valence-electron chi connectivity index (χ0n) is 12.5. The predicted octanol–water partition coefficient (Wildman–Crippen LogP) is 1.21. The molecular weight excluding hydrogens is 250 g/mol. The Morgan fingerprint density at radius 3 is 2.45 bits per heavy atom. The van der Waals surface area contributed by atoms with Crippen LogP contribution < -0.4 is 10.6 Å². The van der Waals surface area contributed by atoms with Crippen LogP contribution in [0.25, 0.3) is 0 Å². The minimum absolute atomic E-state index is 0.369. The smallest absolute Gasteiger partial charge is 0.132 e. The molecule has 0 bridgehead atoms. The first-order valence-electron chi connectivity index (χ1n) is 7.70. The standard InChI is InChI=1S/C15H25N5/c1-11(2)19-3-5-20(6-4-19)15-9-14(17-10-18-15)12-7-13(16)8-12/h9-13H,3-8,16H2,1-2H3. The molecule has 5 heteroatoms. The van der Waals surface area contributed by atoms with Gasteiger partial charge in [-0.05, 0) is 26.7 Å². The second kappa shape index (κ2) is 5.66. The molecule has 2 aliphatic rings. The summed E-state index contributed by atoms with van der Waals surface area (Å²) in [5, 5.41) is 0. The van der Waals surface area contributed by atoms with Crippen LogP contribution in [-0.4, -0.2) is 53.1 Å². The van der Waals surface area contributed by atoms with Crippen molar-refractivity contribution in [3.05, 3.63) is 18.1 Å². The topological polar surface area (TPSA) is 58.3 Å². The van der Waals surface area contributed by atoms with Crippen LogP contribution in [-0.2, 0) is 0 Å². The summed E-state index contributed by atoms with van der Waals surface area (Å²) < 4.78 is 0. The highest BCUT2D eigenvalue weighted by molar-refractivity contribution is 5.40. The van der Waals surface area contributed by atoms with Crippen molar-refractivity contribution < 1.29 is 0 Å². The van der Waals surface area contributed by atoms with Gasteiger partial charge in [-0.25, -0.2) is 9.97 Å². The van der Waals surface area contributed by atoms with Crippen molar-refractivity contribution in [2.24, 2.45) is 5.73 Å². The van der Waals surface area contributed by atoms with Crippen LogP contribution in [0.1, 0.15) is 38.3 Å². The maximum Gasteiger partial charge on any atom is 0.132 e. The lowest BCUT2D eigenvalue weighted by Crippen LogP contribution is -2.49. The fourth-order valence-electron chi connectivity index (χ4n) is 3.13. The van der Waals surface area contributed by atoms with Crippen molar-refractivity contribution in [2.45, 2.75) is 44.7 Å². The molecule has 20 heavy (non-hydrogen) atoms. The van der Waals surface area contributed by atoms with Gasteiger partial charge in [-0.15, -0.1) is 0 Å². The summed E-state index contributed by atoms with van der Waals surface area (Å²) in [6.07, 6.45) is 3.85. The first-order valence-corrected chi connectivity index (χ1v) is 7.70. The number of nitrogens with zero attached hydrogens (tertiary/aromatic N) is 4. The highest BCUT2D eigenvalue weighted by atomic mass is 15.3. The summed E-state index contributed by atoms with van der Waals surface area (Å²) in [6.45, 7) is 8.87. The van der Waals surface area contributed by atoms with E-state index in [1.54, 1.807) is 6.33 Å². The molecule has 1 aliphatic heterocycles. The van der Waals surface area contributed by atoms with Crippen molar-refractivity contribution in [1.29, 1.82) is 0 Å². The Balaban J connectivity index is 1.64. The molecule has 1 saturated heterocycles. The SMILES string of the molecule is CC(C)N1CCN(c2cc(C3CC(N)C3)ncn2)CC1. The Labute approximate surface area is 121 Å². The van der Waals surface area contributed by atoms with E-state index in [9.17, 15) is 0 Å². The van der Waals surface area contributed by atoms with E-state index in [1.807, 2.05) is 0 Å². The maximum absolute atomic E-state index is 5.87. The van der Waals surface area contributed by atoms with Gasteiger partial charge in [0.15, 0.2) is 0 Å². The van der Waals surface area contributed by atoms with Crippen LogP contribution in [0.2, 0.25) is 0 Å². The largest absolute Gasteiger partial charge is 0.354 e. The highest BCUT2D eigenvalue weighted by Crippen LogP contribution is 2.35. The minimum atomic E-state index is 0.369. The first kappa shape index (κ1) is 13.8. The van der Waals surface area contributed by atoms with E-state index >= 15 is 0 Å². The Hall–Kier alpha value is -1.20. The van der Waals surface area contributed by atoms with Crippen LogP contribution in [0, 0.1) is 0 Å². The molecule has 5 nitrogen and oxygen atoms in total. The van der Waals surface area contributed by atoms with Crippen LogP contribution >= 0.6 is 0 Å². The van der Waals surface area contributed by atoms with E-state index in [0.29, 0.717) is 18.0 Å². The molecule has 1 aromatic rings. The quantitative estimate of drug-likeness (QED) is 0.898. The van der Waals surface area contributed by atoms with Crippen LogP contribution in [0.5, 0.6) is 0 Å². The molecule has 0 aromatic carbocycles. The molecule has 110 valence electrons. The van der Waals surface area contributed by atoms with Crippen molar-refractivity contribution >= 4 is 5.82 Å². The van der Waals surface area contributed by atoms with E-state index in [2.05, 4.69) is 39.7 Å². The number of rotatable bonds is 3. The Kier molecular flexibility index (Phi) is 3.89. The number of piperazine rings is 1. The summed E-state index contributed by atoms with van der Waals surface area (Å²) >= 11 is 0. The highest BCUT2D eigenvalue weighted by Gasteiger charge is 2.29. The van der Waals surface area contributed by atoms with E-state index in [4.69, 9.17) is 5.73 Å². The third-order valence-corrected chi connectivity index (χ3v) is 4.64. The fourth-order valence-corrected chi connectivity index (χ4v) is 3.13. The van der Waals surface area contributed by atoms with Gasteiger partial charge < -0.3 is 10.6 Å². The summed E-state index contributed by atoms with van der Waals surface area (Å²) in [5.41, 5.74) is 7.04. The van der Waals surface area contributed by atoms with E-state index in [1.165, 1.54) is 5.69 Å². The predicted molar refractivity (Wildman–Crippen MR) is 80.9 cm³/mol. The lowest BCUT2D eigenvalue weighted by atomic mass is 9.78. The molecule has 0 amide bonds. The summed E-state index contributed by atoms with van der Waals surface area (Å²) in [5.74, 6) is 1.63. The van der Waals surface area contributed by atoms with Gasteiger partial charge in [-0.1, -0.05) is 0 Å². The Morgan fingerprint density at radius 2 is 1.85 bits per heavy atom. The third-order valence-electron chi connectivity index (χ3n) is 4.64. The molecule has 1 saturated carbocycles. The lowest BCUT2D eigenvalue weighted by Gasteiger charge is -2.38. The maximum atomic E-state index is 5.87. The first-order chi connectivity index (χ1) is 9.63. The van der Waals surface area contributed by atoms with Gasteiger partial charge in [0, 0.05) is 55.9 Å². The van der Waals surface area contributed by atoms with Gasteiger partial charge >= 0.3 is 0 Å². The van der Waals surface area contributed by atoms with Crippen molar-refractivity contribution in [3.63, 3.8) is 0 Å². The molecule has 1 aliphatic carbocycles. The van der Waals surface area contributed by atoms with Gasteiger partial charge in [0.1, 0.15) is 12.1 Å². The molecule has 1 aromatic heterocycles. The van der Waals surface area contributed by atoms with Gasteiger partial charge in [0.25, 0.3) is 0 Å². The summed E-state index contributed by atoms with van der Waals surface area (Å²) in [7, 11) is 0. The Bertz CT molecular complexity index is 447. The van der Waals surface area contributed by atoms with E-state index in [0.717, 1.165) is 44.8 Å². The normalized spacial score (nSPS) is 27.7. The van der Waals surface area contributed by atoms with Crippen LogP contribution in [0.3, 0.4) is 0 Å². The van der Waals surface area contributed by atoms with Crippen molar-refractivity contribution in [2.75, 3.05) is 31.1 Å². The molecule has 0 spiro atoms. The van der Waals surface area contributed by atoms with Gasteiger partial charge in [0.05, 0.1) is 0 Å². The zero-order valence-corrected chi connectivity index (χ0v) is 12.5. The zero-order chi connectivity index (χ0) is 14.1. The lowest BCUT2D eigenvalue weighted by molar-refractivity contribution is 0.209. The monoisotopic (exact) mass is 275 g/mol. The molecule has 0 atom stereocenters. The summed E-state index contributed by atoms with van der Waals surface area (Å²) in [6, 6.07) is 3.17. The van der Waals surface area contributed by atoms with Gasteiger partial charge in [0.2, 0.25) is 0 Å². The van der Waals surface area contributed by atoms with Crippen molar-refractivity contribution in [3.8, 4) is 0 Å². The number of nitrogens with two attached hydrogens (primary N) is 1. The van der Waals surface area contributed by atoms with Crippen molar-refractivity contribution in [1.82, 2.24) is 14.9 Å². The molecule has 3 rings (SSSR count). The van der Waals surface area contributed by atoms with Gasteiger partial charge in [-0.2, -0.15) is 0 Å². The minimum Gasteiger partial charge on any atom is -0.354 e. The fraction of sp³-hybridized carbons (Fsp3) is 0.733. The van der Waals surface area contributed by atoms with Crippen LogP contribution in [0.15, 0.2) is 12.4 Å². The Morgan fingerprint density at radius 1 is 1.15 bits per heavy atom. The van der Waals surface area contributed by atoms with E-state index < -0.39 is 0 Å². The number of hydrogen-bond acceptors (Lipinski definition) is 5. The van der Waals surface area contributed by atoms with Crippen LogP contribution in [0.4, 0.5) is 5.82 Å². The number of hydrogen-bond donors (Lipinski definition) is 1. The average Bonchev–Trinajstić information content (AvgIpc) is 2.44. The summed E-state index contributed by atoms with van der Waals surface area (Å²) in [4.78, 5) is 13.8. The molecule has 2 fully saturated rings. The van der Waals surface area contributed by atoms with Gasteiger partial charge in [-0.3, -0.25) is 4.90 Å². The third kappa shape index (κ3) is 2.79. The number of aromatic nitrogens is 2. The second-order valence-electron chi connectivity index (χ2n) is 6.35. The molecule has 0 radical (unpaired) electrons. The average molecular weight is 275 g/mol. The van der Waals surface area contributed by atoms with E-state index in [-0.39, 0.29) is 0 Å². The molecule has 2 heterocycles. The molecular formula is C15H25N5. The molecule has 0 unspecified atom stereocenters. The number of anilines is 1. The molecule has 2 N–H and O–H groups in total.